The highest BCUT2D eigenvalue weighted by molar-refractivity contribution is 7.99. The van der Waals surface area contributed by atoms with Crippen LogP contribution in [0.1, 0.15) is 64.0 Å². The maximum absolute atomic E-state index is 13.3. The number of rotatable bonds is 7. The number of carbonyl (C=O) groups excluding carboxylic acids is 1. The summed E-state index contributed by atoms with van der Waals surface area (Å²) >= 11 is 1.37. The molecule has 33 heavy (non-hydrogen) atoms. The molecule has 1 heterocycles. The van der Waals surface area contributed by atoms with E-state index in [-0.39, 0.29) is 23.2 Å². The SMILES string of the molecule is C=C(C(=O)N1CCCCC1C(C)(C)N)c1ccc(Sc2ccccc2C(C)C)c([N+](=O)[O-])c1. The number of nitrogens with zero attached hydrogens (tertiary/aromatic N) is 2. The molecule has 0 aromatic heterocycles. The zero-order valence-electron chi connectivity index (χ0n) is 19.8. The fourth-order valence-corrected chi connectivity index (χ4v) is 5.53. The van der Waals surface area contributed by atoms with E-state index < -0.39 is 10.5 Å². The maximum atomic E-state index is 13.3. The third-order valence-electron chi connectivity index (χ3n) is 6.15. The molecular weight excluding hydrogens is 434 g/mol. The molecule has 2 aromatic carbocycles. The number of piperidine rings is 1. The van der Waals surface area contributed by atoms with Gasteiger partial charge in [-0.2, -0.15) is 0 Å². The molecule has 176 valence electrons. The lowest BCUT2D eigenvalue weighted by Gasteiger charge is -2.43. The molecule has 1 unspecified atom stereocenters. The average molecular weight is 468 g/mol. The molecule has 1 fully saturated rings. The Morgan fingerprint density at radius 1 is 1.21 bits per heavy atom. The molecule has 0 saturated carbocycles. The molecule has 1 aliphatic heterocycles. The van der Waals surface area contributed by atoms with Crippen molar-refractivity contribution in [2.75, 3.05) is 6.54 Å². The first-order valence-electron chi connectivity index (χ1n) is 11.3. The summed E-state index contributed by atoms with van der Waals surface area (Å²) in [7, 11) is 0. The fraction of sp³-hybridized carbons (Fsp3) is 0.423. The lowest BCUT2D eigenvalue weighted by Crippen LogP contribution is -2.58. The molecule has 1 aliphatic rings. The van der Waals surface area contributed by atoms with E-state index in [4.69, 9.17) is 5.73 Å². The predicted molar refractivity (Wildman–Crippen MR) is 134 cm³/mol. The van der Waals surface area contributed by atoms with E-state index in [1.807, 2.05) is 38.1 Å². The minimum atomic E-state index is -0.535. The summed E-state index contributed by atoms with van der Waals surface area (Å²) in [4.78, 5) is 28.2. The number of hydrogen-bond acceptors (Lipinski definition) is 5. The van der Waals surface area contributed by atoms with Gasteiger partial charge in [-0.1, -0.05) is 56.5 Å². The van der Waals surface area contributed by atoms with Crippen LogP contribution in [0, 0.1) is 10.1 Å². The fourth-order valence-electron chi connectivity index (χ4n) is 4.35. The zero-order valence-corrected chi connectivity index (χ0v) is 20.7. The van der Waals surface area contributed by atoms with E-state index >= 15 is 0 Å². The van der Waals surface area contributed by atoms with Gasteiger partial charge in [-0.25, -0.2) is 0 Å². The van der Waals surface area contributed by atoms with Gasteiger partial charge in [0.25, 0.3) is 11.6 Å². The molecule has 1 saturated heterocycles. The van der Waals surface area contributed by atoms with Crippen molar-refractivity contribution in [1.82, 2.24) is 4.90 Å². The van der Waals surface area contributed by atoms with E-state index in [0.717, 1.165) is 29.7 Å². The van der Waals surface area contributed by atoms with Crippen LogP contribution >= 0.6 is 11.8 Å². The van der Waals surface area contributed by atoms with Crippen molar-refractivity contribution in [2.45, 2.75) is 74.2 Å². The Balaban J connectivity index is 1.91. The summed E-state index contributed by atoms with van der Waals surface area (Å²) in [5.41, 5.74) is 7.65. The number of nitrogens with two attached hydrogens (primary N) is 1. The molecule has 1 atom stereocenters. The first kappa shape index (κ1) is 25.0. The Hall–Kier alpha value is -2.64. The van der Waals surface area contributed by atoms with Crippen molar-refractivity contribution in [1.29, 1.82) is 0 Å². The number of nitro benzene ring substituents is 1. The molecule has 0 aliphatic carbocycles. The number of likely N-dealkylation sites (tertiary alicyclic amines) is 1. The molecule has 0 bridgehead atoms. The number of amides is 1. The second kappa shape index (κ2) is 10.1. The summed E-state index contributed by atoms with van der Waals surface area (Å²) in [6.45, 7) is 12.7. The molecule has 0 spiro atoms. The Labute approximate surface area is 200 Å². The maximum Gasteiger partial charge on any atom is 0.283 e. The molecule has 6 nitrogen and oxygen atoms in total. The van der Waals surface area contributed by atoms with Crippen LogP contribution in [0.5, 0.6) is 0 Å². The van der Waals surface area contributed by atoms with E-state index in [0.29, 0.717) is 22.9 Å². The lowest BCUT2D eigenvalue weighted by molar-refractivity contribution is -0.387. The quantitative estimate of drug-likeness (QED) is 0.306. The van der Waals surface area contributed by atoms with Gasteiger partial charge in [-0.3, -0.25) is 14.9 Å². The Morgan fingerprint density at radius 2 is 1.91 bits per heavy atom. The van der Waals surface area contributed by atoms with Crippen LogP contribution in [0.3, 0.4) is 0 Å². The minimum Gasteiger partial charge on any atom is -0.334 e. The number of nitro groups is 1. The van der Waals surface area contributed by atoms with Crippen LogP contribution in [-0.2, 0) is 4.79 Å². The van der Waals surface area contributed by atoms with Gasteiger partial charge in [0.2, 0.25) is 0 Å². The van der Waals surface area contributed by atoms with Crippen molar-refractivity contribution in [3.05, 3.63) is 70.3 Å². The number of carbonyl (C=O) groups is 1. The second-order valence-corrected chi connectivity index (χ2v) is 10.6. The molecule has 3 rings (SSSR count). The van der Waals surface area contributed by atoms with Gasteiger partial charge in [-0.15, -0.1) is 0 Å². The first-order valence-corrected chi connectivity index (χ1v) is 12.2. The lowest BCUT2D eigenvalue weighted by atomic mass is 9.86. The van der Waals surface area contributed by atoms with E-state index in [2.05, 4.69) is 20.4 Å². The summed E-state index contributed by atoms with van der Waals surface area (Å²) in [5, 5.41) is 11.9. The third-order valence-corrected chi connectivity index (χ3v) is 7.30. The number of benzene rings is 2. The van der Waals surface area contributed by atoms with Gasteiger partial charge in [0.15, 0.2) is 0 Å². The third kappa shape index (κ3) is 5.65. The van der Waals surface area contributed by atoms with Crippen molar-refractivity contribution < 1.29 is 9.72 Å². The van der Waals surface area contributed by atoms with Gasteiger partial charge in [0.1, 0.15) is 0 Å². The van der Waals surface area contributed by atoms with Crippen molar-refractivity contribution >= 4 is 28.9 Å². The molecule has 2 aromatic rings. The van der Waals surface area contributed by atoms with Gasteiger partial charge < -0.3 is 10.6 Å². The van der Waals surface area contributed by atoms with Crippen LogP contribution in [0.15, 0.2) is 58.8 Å². The van der Waals surface area contributed by atoms with Crippen LogP contribution < -0.4 is 5.73 Å². The summed E-state index contributed by atoms with van der Waals surface area (Å²) in [5.74, 6) is 0.0896. The van der Waals surface area contributed by atoms with Crippen molar-refractivity contribution in [2.24, 2.45) is 5.73 Å². The van der Waals surface area contributed by atoms with E-state index in [1.165, 1.54) is 17.8 Å². The highest BCUT2D eigenvalue weighted by atomic mass is 32.2. The molecule has 1 amide bonds. The van der Waals surface area contributed by atoms with Crippen LogP contribution in [0.2, 0.25) is 0 Å². The standard InChI is InChI=1S/C26H33N3O3S/c1-17(2)20-10-6-7-11-22(20)33-23-14-13-19(16-21(23)29(31)32)18(3)25(30)28-15-9-8-12-24(28)26(4,5)27/h6-7,10-11,13-14,16-17,24H,3,8-9,12,15,27H2,1-2,4-5H3. The molecule has 7 heteroatoms. The van der Waals surface area contributed by atoms with Gasteiger partial charge in [0, 0.05) is 34.7 Å². The van der Waals surface area contributed by atoms with Crippen molar-refractivity contribution in [3.8, 4) is 0 Å². The zero-order chi connectivity index (χ0) is 24.3. The monoisotopic (exact) mass is 467 g/mol. The van der Waals surface area contributed by atoms with Gasteiger partial charge in [-0.05, 0) is 62.3 Å². The molecular formula is C26H33N3O3S. The number of hydrogen-bond donors (Lipinski definition) is 1. The Bertz CT molecular complexity index is 1060. The summed E-state index contributed by atoms with van der Waals surface area (Å²) in [6.07, 6.45) is 2.78. The molecule has 0 radical (unpaired) electrons. The first-order chi connectivity index (χ1) is 15.5. The van der Waals surface area contributed by atoms with Gasteiger partial charge in [0.05, 0.1) is 9.82 Å². The summed E-state index contributed by atoms with van der Waals surface area (Å²) < 4.78 is 0. The Morgan fingerprint density at radius 3 is 2.55 bits per heavy atom. The highest BCUT2D eigenvalue weighted by Crippen LogP contribution is 2.40. The summed E-state index contributed by atoms with van der Waals surface area (Å²) in [6, 6.07) is 12.8. The second-order valence-electron chi connectivity index (χ2n) is 9.54. The van der Waals surface area contributed by atoms with Crippen molar-refractivity contribution in [3.63, 3.8) is 0 Å². The van der Waals surface area contributed by atoms with Crippen LogP contribution in [0.25, 0.3) is 5.57 Å². The molecule has 2 N–H and O–H groups in total. The van der Waals surface area contributed by atoms with E-state index in [1.54, 1.807) is 17.0 Å². The van der Waals surface area contributed by atoms with E-state index in [9.17, 15) is 14.9 Å². The van der Waals surface area contributed by atoms with Crippen LogP contribution in [-0.4, -0.2) is 33.9 Å². The van der Waals surface area contributed by atoms with Gasteiger partial charge >= 0.3 is 0 Å². The smallest absolute Gasteiger partial charge is 0.283 e. The van der Waals surface area contributed by atoms with Crippen LogP contribution in [0.4, 0.5) is 5.69 Å². The Kier molecular flexibility index (Phi) is 7.65. The topological polar surface area (TPSA) is 89.5 Å². The minimum absolute atomic E-state index is 0.0284. The highest BCUT2D eigenvalue weighted by Gasteiger charge is 2.36. The average Bonchev–Trinajstić information content (AvgIpc) is 2.78. The predicted octanol–water partition coefficient (Wildman–Crippen LogP) is 6.00. The normalized spacial score (nSPS) is 16.7. The largest absolute Gasteiger partial charge is 0.334 e.